The van der Waals surface area contributed by atoms with E-state index < -0.39 is 6.09 Å². The maximum Gasteiger partial charge on any atom is 0.413 e. The standard InChI is InChI=1S/C14H18N2O4/c1-16(14(18)19-2)11-7-5-10(6-8-11)15-13(17)12-4-3-9-20-12/h5-8,12H,3-4,9H2,1-2H3,(H,15,17)/t12-/m0/s1. The Morgan fingerprint density at radius 2 is 2.05 bits per heavy atom. The highest BCUT2D eigenvalue weighted by Crippen LogP contribution is 2.19. The molecule has 0 spiro atoms. The number of carbonyl (C=O) groups is 2. The normalized spacial score (nSPS) is 17.6. The van der Waals surface area contributed by atoms with Crippen molar-refractivity contribution < 1.29 is 19.1 Å². The molecule has 0 aromatic heterocycles. The molecule has 2 rings (SSSR count). The lowest BCUT2D eigenvalue weighted by Crippen LogP contribution is -2.27. The van der Waals surface area contributed by atoms with Crippen LogP contribution in [0.25, 0.3) is 0 Å². The van der Waals surface area contributed by atoms with E-state index >= 15 is 0 Å². The largest absolute Gasteiger partial charge is 0.452 e. The van der Waals surface area contributed by atoms with Crippen LogP contribution < -0.4 is 10.2 Å². The van der Waals surface area contributed by atoms with Crippen LogP contribution in [0.1, 0.15) is 12.8 Å². The Hall–Kier alpha value is -2.08. The fraction of sp³-hybridized carbons (Fsp3) is 0.429. The van der Waals surface area contributed by atoms with Crippen molar-refractivity contribution in [2.45, 2.75) is 18.9 Å². The maximum atomic E-state index is 11.9. The molecule has 2 amide bonds. The van der Waals surface area contributed by atoms with Crippen LogP contribution in [0, 0.1) is 0 Å². The predicted molar refractivity (Wildman–Crippen MR) is 74.9 cm³/mol. The Balaban J connectivity index is 1.97. The SMILES string of the molecule is COC(=O)N(C)c1ccc(NC(=O)[C@@H]2CCCO2)cc1. The molecular weight excluding hydrogens is 260 g/mol. The highest BCUT2D eigenvalue weighted by molar-refractivity contribution is 5.94. The van der Waals surface area contributed by atoms with Gasteiger partial charge in [-0.1, -0.05) is 0 Å². The average Bonchev–Trinajstić information content (AvgIpc) is 3.01. The van der Waals surface area contributed by atoms with Crippen molar-refractivity contribution in [2.75, 3.05) is 31.0 Å². The molecule has 1 aliphatic heterocycles. The molecular formula is C14H18N2O4. The van der Waals surface area contributed by atoms with Gasteiger partial charge in [-0.3, -0.25) is 9.69 Å². The number of methoxy groups -OCH3 is 1. The fourth-order valence-corrected chi connectivity index (χ4v) is 2.02. The third kappa shape index (κ3) is 3.27. The van der Waals surface area contributed by atoms with Crippen LogP contribution in [0.3, 0.4) is 0 Å². The molecule has 6 nitrogen and oxygen atoms in total. The first-order chi connectivity index (χ1) is 9.61. The minimum Gasteiger partial charge on any atom is -0.452 e. The Kier molecular flexibility index (Phi) is 4.57. The van der Waals surface area contributed by atoms with Gasteiger partial charge in [0.15, 0.2) is 0 Å². The van der Waals surface area contributed by atoms with E-state index in [2.05, 4.69) is 10.1 Å². The number of amides is 2. The summed E-state index contributed by atoms with van der Waals surface area (Å²) in [6.45, 7) is 0.640. The number of hydrogen-bond acceptors (Lipinski definition) is 4. The smallest absolute Gasteiger partial charge is 0.413 e. The van der Waals surface area contributed by atoms with Crippen LogP contribution >= 0.6 is 0 Å². The Morgan fingerprint density at radius 1 is 1.35 bits per heavy atom. The van der Waals surface area contributed by atoms with Crippen molar-refractivity contribution in [3.8, 4) is 0 Å². The monoisotopic (exact) mass is 278 g/mol. The second-order valence-corrected chi connectivity index (χ2v) is 4.57. The molecule has 1 aromatic rings. The molecule has 0 bridgehead atoms. The number of rotatable bonds is 3. The fourth-order valence-electron chi connectivity index (χ4n) is 2.02. The molecule has 1 saturated heterocycles. The van der Waals surface area contributed by atoms with E-state index in [1.165, 1.54) is 12.0 Å². The number of ether oxygens (including phenoxy) is 2. The molecule has 1 heterocycles. The van der Waals surface area contributed by atoms with E-state index in [0.29, 0.717) is 18.0 Å². The van der Waals surface area contributed by atoms with E-state index in [1.54, 1.807) is 31.3 Å². The summed E-state index contributed by atoms with van der Waals surface area (Å²) in [6.07, 6.45) is 0.879. The first-order valence-electron chi connectivity index (χ1n) is 6.46. The summed E-state index contributed by atoms with van der Waals surface area (Å²) in [4.78, 5) is 24.6. The van der Waals surface area contributed by atoms with Crippen LogP contribution in [-0.4, -0.2) is 38.9 Å². The summed E-state index contributed by atoms with van der Waals surface area (Å²) in [5.41, 5.74) is 1.36. The summed E-state index contributed by atoms with van der Waals surface area (Å²) >= 11 is 0. The molecule has 0 aliphatic carbocycles. The first-order valence-corrected chi connectivity index (χ1v) is 6.46. The van der Waals surface area contributed by atoms with Crippen molar-refractivity contribution in [1.29, 1.82) is 0 Å². The predicted octanol–water partition coefficient (Wildman–Crippen LogP) is 2.01. The molecule has 0 radical (unpaired) electrons. The summed E-state index contributed by atoms with van der Waals surface area (Å²) in [6, 6.07) is 6.95. The van der Waals surface area contributed by atoms with Gasteiger partial charge < -0.3 is 14.8 Å². The lowest BCUT2D eigenvalue weighted by atomic mass is 10.2. The molecule has 0 saturated carbocycles. The van der Waals surface area contributed by atoms with Crippen LogP contribution in [0.2, 0.25) is 0 Å². The van der Waals surface area contributed by atoms with Crippen molar-refractivity contribution in [2.24, 2.45) is 0 Å². The van der Waals surface area contributed by atoms with E-state index in [1.807, 2.05) is 0 Å². The molecule has 1 aliphatic rings. The van der Waals surface area contributed by atoms with Gasteiger partial charge in [-0.05, 0) is 37.1 Å². The second kappa shape index (κ2) is 6.38. The number of benzene rings is 1. The molecule has 6 heteroatoms. The molecule has 0 unspecified atom stereocenters. The minimum atomic E-state index is -0.443. The van der Waals surface area contributed by atoms with E-state index in [0.717, 1.165) is 12.8 Å². The molecule has 20 heavy (non-hydrogen) atoms. The highest BCUT2D eigenvalue weighted by atomic mass is 16.5. The topological polar surface area (TPSA) is 67.9 Å². The lowest BCUT2D eigenvalue weighted by Gasteiger charge is -2.16. The van der Waals surface area contributed by atoms with Gasteiger partial charge in [0.1, 0.15) is 6.10 Å². The zero-order chi connectivity index (χ0) is 14.5. The zero-order valence-corrected chi connectivity index (χ0v) is 11.6. The third-order valence-electron chi connectivity index (χ3n) is 3.19. The van der Waals surface area contributed by atoms with Gasteiger partial charge in [-0.25, -0.2) is 4.79 Å². The summed E-state index contributed by atoms with van der Waals surface area (Å²) in [5, 5.41) is 2.79. The van der Waals surface area contributed by atoms with Crippen LogP contribution in [0.15, 0.2) is 24.3 Å². The Labute approximate surface area is 117 Å². The van der Waals surface area contributed by atoms with Gasteiger partial charge in [-0.15, -0.1) is 0 Å². The molecule has 1 N–H and O–H groups in total. The quantitative estimate of drug-likeness (QED) is 0.918. The maximum absolute atomic E-state index is 11.9. The molecule has 1 aromatic carbocycles. The summed E-state index contributed by atoms with van der Waals surface area (Å²) < 4.78 is 9.94. The Morgan fingerprint density at radius 3 is 2.60 bits per heavy atom. The lowest BCUT2D eigenvalue weighted by molar-refractivity contribution is -0.124. The molecule has 1 fully saturated rings. The van der Waals surface area contributed by atoms with Gasteiger partial charge in [0, 0.05) is 25.0 Å². The van der Waals surface area contributed by atoms with Crippen LogP contribution in [0.4, 0.5) is 16.2 Å². The highest BCUT2D eigenvalue weighted by Gasteiger charge is 2.23. The van der Waals surface area contributed by atoms with Gasteiger partial charge >= 0.3 is 6.09 Å². The van der Waals surface area contributed by atoms with Gasteiger partial charge in [0.05, 0.1) is 7.11 Å². The first kappa shape index (κ1) is 14.3. The zero-order valence-electron chi connectivity index (χ0n) is 11.6. The van der Waals surface area contributed by atoms with Gasteiger partial charge in [0.2, 0.25) is 0 Å². The third-order valence-corrected chi connectivity index (χ3v) is 3.19. The molecule has 1 atom stereocenters. The number of nitrogens with one attached hydrogen (secondary N) is 1. The van der Waals surface area contributed by atoms with Crippen molar-refractivity contribution in [3.05, 3.63) is 24.3 Å². The van der Waals surface area contributed by atoms with Gasteiger partial charge in [0.25, 0.3) is 5.91 Å². The van der Waals surface area contributed by atoms with Crippen molar-refractivity contribution >= 4 is 23.4 Å². The van der Waals surface area contributed by atoms with Crippen molar-refractivity contribution in [1.82, 2.24) is 0 Å². The number of nitrogens with zero attached hydrogens (tertiary/aromatic N) is 1. The number of carbonyl (C=O) groups excluding carboxylic acids is 2. The summed E-state index contributed by atoms with van der Waals surface area (Å²) in [7, 11) is 2.95. The second-order valence-electron chi connectivity index (χ2n) is 4.57. The van der Waals surface area contributed by atoms with Gasteiger partial charge in [-0.2, -0.15) is 0 Å². The van der Waals surface area contributed by atoms with E-state index in [-0.39, 0.29) is 12.0 Å². The number of anilines is 2. The number of hydrogen-bond donors (Lipinski definition) is 1. The van der Waals surface area contributed by atoms with Crippen molar-refractivity contribution in [3.63, 3.8) is 0 Å². The molecule has 108 valence electrons. The van der Waals surface area contributed by atoms with Crippen LogP contribution in [-0.2, 0) is 14.3 Å². The average molecular weight is 278 g/mol. The van der Waals surface area contributed by atoms with E-state index in [4.69, 9.17) is 4.74 Å². The Bertz CT molecular complexity index is 480. The minimum absolute atomic E-state index is 0.128. The van der Waals surface area contributed by atoms with E-state index in [9.17, 15) is 9.59 Å². The van der Waals surface area contributed by atoms with Crippen LogP contribution in [0.5, 0.6) is 0 Å². The summed E-state index contributed by atoms with van der Waals surface area (Å²) in [5.74, 6) is -0.128.